The van der Waals surface area contributed by atoms with Crippen LogP contribution >= 0.6 is 11.8 Å². The molecule has 3 aromatic carbocycles. The monoisotopic (exact) mass is 521 g/mol. The second-order valence-electron chi connectivity index (χ2n) is 7.84. The molecule has 0 radical (unpaired) electrons. The summed E-state index contributed by atoms with van der Waals surface area (Å²) in [7, 11) is 0. The molecule has 0 atom stereocenters. The van der Waals surface area contributed by atoms with Crippen molar-refractivity contribution in [2.24, 2.45) is 0 Å². The molecule has 0 aliphatic carbocycles. The van der Waals surface area contributed by atoms with Crippen LogP contribution in [-0.4, -0.2) is 39.0 Å². The highest BCUT2D eigenvalue weighted by atomic mass is 32.2. The molecule has 0 spiro atoms. The largest absolute Gasteiger partial charge is 0.492 e. The van der Waals surface area contributed by atoms with E-state index in [1.54, 1.807) is 18.2 Å². The van der Waals surface area contributed by atoms with Crippen molar-refractivity contribution in [3.05, 3.63) is 103 Å². The van der Waals surface area contributed by atoms with Crippen molar-refractivity contribution in [3.63, 3.8) is 0 Å². The summed E-state index contributed by atoms with van der Waals surface area (Å²) in [5.41, 5.74) is 0.547. The topological polar surface area (TPSA) is 142 Å². The maximum Gasteiger partial charge on any atom is 0.318 e. The van der Waals surface area contributed by atoms with E-state index in [2.05, 4.69) is 0 Å². The van der Waals surface area contributed by atoms with Gasteiger partial charge in [0.25, 0.3) is 16.8 Å². The lowest BCUT2D eigenvalue weighted by molar-refractivity contribution is -0.394. The Morgan fingerprint density at radius 3 is 2.43 bits per heavy atom. The summed E-state index contributed by atoms with van der Waals surface area (Å²) in [6.45, 7) is 2.16. The third kappa shape index (κ3) is 6.11. The van der Waals surface area contributed by atoms with E-state index in [0.717, 1.165) is 40.4 Å². The first-order valence-corrected chi connectivity index (χ1v) is 11.7. The Hall–Kier alpha value is -4.71. The zero-order valence-corrected chi connectivity index (χ0v) is 20.2. The van der Waals surface area contributed by atoms with E-state index in [-0.39, 0.29) is 29.6 Å². The van der Waals surface area contributed by atoms with Gasteiger partial charge < -0.3 is 9.47 Å². The molecule has 37 heavy (non-hydrogen) atoms. The number of ether oxygens (including phenoxy) is 2. The first-order chi connectivity index (χ1) is 17.7. The van der Waals surface area contributed by atoms with Gasteiger partial charge >= 0.3 is 5.69 Å². The van der Waals surface area contributed by atoms with E-state index < -0.39 is 32.4 Å². The second-order valence-corrected chi connectivity index (χ2v) is 8.83. The van der Waals surface area contributed by atoms with Gasteiger partial charge in [0.1, 0.15) is 18.1 Å². The standard InChI is InChI=1S/C25H19N3O8S/c1-16-4-2-6-19(12-16)35-11-10-26-24(29)23(37-25(26)30)14-17-5-3-7-20(13-17)36-22-9-8-18(27(31)32)15-21(22)28(33)34/h2-9,12-15H,10-11H2,1H3/b23-14-. The van der Waals surface area contributed by atoms with Gasteiger partial charge in [-0.1, -0.05) is 24.3 Å². The molecule has 1 saturated heterocycles. The van der Waals surface area contributed by atoms with Crippen molar-refractivity contribution in [1.29, 1.82) is 0 Å². The minimum atomic E-state index is -0.773. The summed E-state index contributed by atoms with van der Waals surface area (Å²) in [6, 6.07) is 16.8. The Labute approximate surface area is 214 Å². The zero-order chi connectivity index (χ0) is 26.5. The highest BCUT2D eigenvalue weighted by Gasteiger charge is 2.34. The second kappa shape index (κ2) is 10.9. The molecule has 1 heterocycles. The number of hydrogen-bond acceptors (Lipinski definition) is 9. The van der Waals surface area contributed by atoms with Crippen LogP contribution in [0.2, 0.25) is 0 Å². The molecule has 3 aromatic rings. The Morgan fingerprint density at radius 1 is 0.946 bits per heavy atom. The van der Waals surface area contributed by atoms with Crippen LogP contribution in [0.5, 0.6) is 17.2 Å². The summed E-state index contributed by atoms with van der Waals surface area (Å²) in [5.74, 6) is 0.214. The molecule has 0 unspecified atom stereocenters. The van der Waals surface area contributed by atoms with Gasteiger partial charge in [0.05, 0.1) is 27.4 Å². The Morgan fingerprint density at radius 2 is 1.70 bits per heavy atom. The maximum atomic E-state index is 12.8. The third-order valence-corrected chi connectivity index (χ3v) is 6.09. The number of nitrogens with zero attached hydrogens (tertiary/aromatic N) is 3. The summed E-state index contributed by atoms with van der Waals surface area (Å²) < 4.78 is 11.2. The van der Waals surface area contributed by atoms with Gasteiger partial charge in [0.2, 0.25) is 5.75 Å². The van der Waals surface area contributed by atoms with Crippen LogP contribution in [0.3, 0.4) is 0 Å². The molecular weight excluding hydrogens is 502 g/mol. The predicted molar refractivity (Wildman–Crippen MR) is 136 cm³/mol. The number of amides is 2. The predicted octanol–water partition coefficient (Wildman–Crippen LogP) is 5.72. The summed E-state index contributed by atoms with van der Waals surface area (Å²) in [6.07, 6.45) is 1.52. The molecule has 4 rings (SSSR count). The molecule has 1 aliphatic heterocycles. The van der Waals surface area contributed by atoms with Crippen LogP contribution in [0, 0.1) is 27.2 Å². The molecule has 0 bridgehead atoms. The fraction of sp³-hybridized carbons (Fsp3) is 0.120. The molecule has 0 aromatic heterocycles. The lowest BCUT2D eigenvalue weighted by Crippen LogP contribution is -2.32. The quantitative estimate of drug-likeness (QED) is 0.196. The smallest absolute Gasteiger partial charge is 0.318 e. The summed E-state index contributed by atoms with van der Waals surface area (Å²) in [5, 5.41) is 21.9. The fourth-order valence-corrected chi connectivity index (χ4v) is 4.31. The van der Waals surface area contributed by atoms with Crippen molar-refractivity contribution in [1.82, 2.24) is 4.90 Å². The first-order valence-electron chi connectivity index (χ1n) is 10.9. The number of carbonyl (C=O) groups excluding carboxylic acids is 2. The molecule has 1 fully saturated rings. The number of thioether (sulfide) groups is 1. The Bertz CT molecular complexity index is 1440. The van der Waals surface area contributed by atoms with Gasteiger partial charge in [-0.15, -0.1) is 0 Å². The van der Waals surface area contributed by atoms with Crippen molar-refractivity contribution in [2.45, 2.75) is 6.92 Å². The van der Waals surface area contributed by atoms with E-state index in [9.17, 15) is 29.8 Å². The number of non-ortho nitro benzene ring substituents is 1. The number of carbonyl (C=O) groups is 2. The number of nitro benzene ring substituents is 2. The van der Waals surface area contributed by atoms with Gasteiger partial charge in [-0.05, 0) is 66.2 Å². The highest BCUT2D eigenvalue weighted by molar-refractivity contribution is 8.18. The number of hydrogen-bond donors (Lipinski definition) is 0. The number of rotatable bonds is 9. The first kappa shape index (κ1) is 25.4. The van der Waals surface area contributed by atoms with Crippen molar-refractivity contribution >= 4 is 40.4 Å². The average Bonchev–Trinajstić information content (AvgIpc) is 3.11. The average molecular weight is 522 g/mol. The Balaban J connectivity index is 1.46. The van der Waals surface area contributed by atoms with E-state index in [0.29, 0.717) is 11.3 Å². The van der Waals surface area contributed by atoms with Crippen molar-refractivity contribution in [2.75, 3.05) is 13.2 Å². The third-order valence-electron chi connectivity index (χ3n) is 5.18. The summed E-state index contributed by atoms with van der Waals surface area (Å²) >= 11 is 0.795. The minimum Gasteiger partial charge on any atom is -0.492 e. The normalized spacial score (nSPS) is 14.2. The van der Waals surface area contributed by atoms with Crippen LogP contribution in [-0.2, 0) is 4.79 Å². The number of imide groups is 1. The van der Waals surface area contributed by atoms with Gasteiger partial charge in [-0.2, -0.15) is 0 Å². The molecular formula is C25H19N3O8S. The van der Waals surface area contributed by atoms with Crippen molar-refractivity contribution < 1.29 is 28.9 Å². The molecule has 0 N–H and O–H groups in total. The van der Waals surface area contributed by atoms with Gasteiger partial charge in [-0.25, -0.2) is 0 Å². The lowest BCUT2D eigenvalue weighted by Gasteiger charge is -2.13. The Kier molecular flexibility index (Phi) is 7.49. The fourth-order valence-electron chi connectivity index (χ4n) is 3.45. The van der Waals surface area contributed by atoms with E-state index in [4.69, 9.17) is 9.47 Å². The van der Waals surface area contributed by atoms with Crippen LogP contribution in [0.1, 0.15) is 11.1 Å². The van der Waals surface area contributed by atoms with Crippen LogP contribution < -0.4 is 9.47 Å². The van der Waals surface area contributed by atoms with Gasteiger partial charge in [0.15, 0.2) is 0 Å². The van der Waals surface area contributed by atoms with Gasteiger partial charge in [0, 0.05) is 6.07 Å². The van der Waals surface area contributed by atoms with Crippen LogP contribution in [0.15, 0.2) is 71.6 Å². The highest BCUT2D eigenvalue weighted by Crippen LogP contribution is 2.36. The molecule has 188 valence electrons. The minimum absolute atomic E-state index is 0.0862. The maximum absolute atomic E-state index is 12.8. The molecule has 2 amide bonds. The van der Waals surface area contributed by atoms with E-state index in [1.165, 1.54) is 18.2 Å². The van der Waals surface area contributed by atoms with Crippen LogP contribution in [0.25, 0.3) is 6.08 Å². The zero-order valence-electron chi connectivity index (χ0n) is 19.4. The molecule has 11 nitrogen and oxygen atoms in total. The summed E-state index contributed by atoms with van der Waals surface area (Å²) in [4.78, 5) is 47.3. The number of benzene rings is 3. The molecule has 1 aliphatic rings. The van der Waals surface area contributed by atoms with Crippen LogP contribution in [0.4, 0.5) is 16.2 Å². The van der Waals surface area contributed by atoms with E-state index in [1.807, 2.05) is 25.1 Å². The van der Waals surface area contributed by atoms with Crippen molar-refractivity contribution in [3.8, 4) is 17.2 Å². The van der Waals surface area contributed by atoms with Gasteiger partial charge in [-0.3, -0.25) is 34.7 Å². The number of nitro groups is 2. The van der Waals surface area contributed by atoms with E-state index >= 15 is 0 Å². The SMILES string of the molecule is Cc1cccc(OCCN2C(=O)S/C(=C\c3cccc(Oc4ccc([N+](=O)[O-])cc4[N+](=O)[O-])c3)C2=O)c1. The lowest BCUT2D eigenvalue weighted by atomic mass is 10.2. The number of aryl methyl sites for hydroxylation is 1. The molecule has 12 heteroatoms. The molecule has 0 saturated carbocycles.